The monoisotopic (exact) mass is 412 g/mol. The number of rotatable bonds is 8. The van der Waals surface area contributed by atoms with E-state index >= 15 is 0 Å². The number of hydrogen-bond donors (Lipinski definition) is 0. The van der Waals surface area contributed by atoms with Gasteiger partial charge in [0.1, 0.15) is 5.82 Å². The first-order valence-electron chi connectivity index (χ1n) is 13.5. The second-order valence-electron chi connectivity index (χ2n) is 11.1. The van der Waals surface area contributed by atoms with Gasteiger partial charge in [-0.15, -0.1) is 0 Å². The number of halogens is 1. The van der Waals surface area contributed by atoms with Crippen LogP contribution in [0, 0.1) is 35.4 Å². The van der Waals surface area contributed by atoms with E-state index in [0.717, 1.165) is 35.2 Å². The highest BCUT2D eigenvalue weighted by molar-refractivity contribution is 5.22. The SMILES string of the molecule is CCCCCCCC1CCC(C2CCC3CC(c4ccccc4F)CCC3C2)CC1. The fourth-order valence-corrected chi connectivity index (χ4v) is 7.43. The molecule has 1 aromatic carbocycles. The molecule has 0 aliphatic heterocycles. The Morgan fingerprint density at radius 2 is 1.33 bits per heavy atom. The first-order valence-corrected chi connectivity index (χ1v) is 13.5. The highest BCUT2D eigenvalue weighted by atomic mass is 19.1. The summed E-state index contributed by atoms with van der Waals surface area (Å²) in [6.45, 7) is 2.31. The van der Waals surface area contributed by atoms with Gasteiger partial charge in [-0.1, -0.05) is 76.5 Å². The zero-order chi connectivity index (χ0) is 20.8. The molecule has 4 atom stereocenters. The van der Waals surface area contributed by atoms with Gasteiger partial charge in [0.05, 0.1) is 0 Å². The van der Waals surface area contributed by atoms with Crippen LogP contribution >= 0.6 is 0 Å². The lowest BCUT2D eigenvalue weighted by Gasteiger charge is -2.45. The second kappa shape index (κ2) is 11.1. The largest absolute Gasteiger partial charge is 0.207 e. The molecule has 4 rings (SSSR count). The first kappa shape index (κ1) is 22.3. The van der Waals surface area contributed by atoms with E-state index < -0.39 is 0 Å². The minimum absolute atomic E-state index is 0.0248. The Hall–Kier alpha value is -0.850. The number of hydrogen-bond acceptors (Lipinski definition) is 0. The zero-order valence-electron chi connectivity index (χ0n) is 19.5. The van der Waals surface area contributed by atoms with Crippen LogP contribution in [0.2, 0.25) is 0 Å². The summed E-state index contributed by atoms with van der Waals surface area (Å²) in [5.74, 6) is 5.35. The standard InChI is InChI=1S/C29H45F/c1-2-3-4-5-6-9-22-12-14-23(15-13-22)24-16-17-26-21-27(19-18-25(26)20-24)28-10-7-8-11-29(28)30/h7-8,10-11,22-27H,2-6,9,12-21H2,1H3. The third-order valence-electron chi connectivity index (χ3n) is 9.27. The predicted octanol–water partition coefficient (Wildman–Crippen LogP) is 9.29. The summed E-state index contributed by atoms with van der Waals surface area (Å²) < 4.78 is 14.3. The van der Waals surface area contributed by atoms with Crippen molar-refractivity contribution < 1.29 is 4.39 Å². The van der Waals surface area contributed by atoms with Crippen molar-refractivity contribution >= 4 is 0 Å². The van der Waals surface area contributed by atoms with E-state index in [4.69, 9.17) is 0 Å². The van der Waals surface area contributed by atoms with Crippen molar-refractivity contribution in [1.82, 2.24) is 0 Å². The van der Waals surface area contributed by atoms with Crippen LogP contribution in [-0.2, 0) is 0 Å². The molecule has 168 valence electrons. The molecule has 1 heteroatoms. The molecule has 0 amide bonds. The van der Waals surface area contributed by atoms with E-state index in [0.29, 0.717) is 5.92 Å². The third kappa shape index (κ3) is 5.68. The molecule has 0 N–H and O–H groups in total. The summed E-state index contributed by atoms with van der Waals surface area (Å²) in [4.78, 5) is 0. The molecule has 4 unspecified atom stereocenters. The molecule has 3 saturated carbocycles. The summed E-state index contributed by atoms with van der Waals surface area (Å²) in [6, 6.07) is 7.54. The Bertz CT molecular complexity index is 629. The molecular formula is C29H45F. The summed E-state index contributed by atoms with van der Waals surface area (Å²) >= 11 is 0. The lowest BCUT2D eigenvalue weighted by molar-refractivity contribution is 0.0706. The molecule has 0 radical (unpaired) electrons. The zero-order valence-corrected chi connectivity index (χ0v) is 19.5. The van der Waals surface area contributed by atoms with Crippen molar-refractivity contribution in [3.8, 4) is 0 Å². The van der Waals surface area contributed by atoms with Crippen LogP contribution in [0.1, 0.15) is 121 Å². The third-order valence-corrected chi connectivity index (χ3v) is 9.27. The minimum Gasteiger partial charge on any atom is -0.207 e. The van der Waals surface area contributed by atoms with Crippen molar-refractivity contribution in [2.24, 2.45) is 29.6 Å². The number of unbranched alkanes of at least 4 members (excludes halogenated alkanes) is 4. The first-order chi connectivity index (χ1) is 14.7. The van der Waals surface area contributed by atoms with Crippen molar-refractivity contribution in [2.75, 3.05) is 0 Å². The maximum Gasteiger partial charge on any atom is 0.126 e. The van der Waals surface area contributed by atoms with Gasteiger partial charge in [-0.05, 0) is 98.5 Å². The maximum atomic E-state index is 14.3. The smallest absolute Gasteiger partial charge is 0.126 e. The van der Waals surface area contributed by atoms with Crippen LogP contribution in [0.4, 0.5) is 4.39 Å². The summed E-state index contributed by atoms with van der Waals surface area (Å²) in [6.07, 6.45) is 22.9. The Kier molecular flexibility index (Phi) is 8.30. The van der Waals surface area contributed by atoms with Crippen molar-refractivity contribution in [2.45, 2.75) is 116 Å². The number of fused-ring (bicyclic) bond motifs is 1. The van der Waals surface area contributed by atoms with Gasteiger partial charge in [0.15, 0.2) is 0 Å². The van der Waals surface area contributed by atoms with Crippen molar-refractivity contribution in [3.05, 3.63) is 35.6 Å². The van der Waals surface area contributed by atoms with Crippen LogP contribution in [0.5, 0.6) is 0 Å². The van der Waals surface area contributed by atoms with Gasteiger partial charge in [0.2, 0.25) is 0 Å². The van der Waals surface area contributed by atoms with E-state index in [-0.39, 0.29) is 5.82 Å². The lowest BCUT2D eigenvalue weighted by Crippen LogP contribution is -2.34. The highest BCUT2D eigenvalue weighted by Crippen LogP contribution is 2.51. The van der Waals surface area contributed by atoms with Crippen LogP contribution in [0.25, 0.3) is 0 Å². The van der Waals surface area contributed by atoms with E-state index in [2.05, 4.69) is 6.92 Å². The Morgan fingerprint density at radius 1 is 0.700 bits per heavy atom. The summed E-state index contributed by atoms with van der Waals surface area (Å²) in [5, 5.41) is 0. The molecule has 3 fully saturated rings. The van der Waals surface area contributed by atoms with Gasteiger partial charge in [0, 0.05) is 0 Å². The van der Waals surface area contributed by atoms with E-state index in [9.17, 15) is 4.39 Å². The summed E-state index contributed by atoms with van der Waals surface area (Å²) in [7, 11) is 0. The van der Waals surface area contributed by atoms with Gasteiger partial charge < -0.3 is 0 Å². The molecule has 0 nitrogen and oxygen atoms in total. The molecule has 0 heterocycles. The van der Waals surface area contributed by atoms with Crippen molar-refractivity contribution in [1.29, 1.82) is 0 Å². The van der Waals surface area contributed by atoms with Crippen LogP contribution < -0.4 is 0 Å². The van der Waals surface area contributed by atoms with Gasteiger partial charge in [-0.25, -0.2) is 4.39 Å². The van der Waals surface area contributed by atoms with E-state index in [1.807, 2.05) is 18.2 Å². The van der Waals surface area contributed by atoms with Crippen LogP contribution in [0.3, 0.4) is 0 Å². The van der Waals surface area contributed by atoms with Gasteiger partial charge in [-0.3, -0.25) is 0 Å². The average Bonchev–Trinajstić information content (AvgIpc) is 2.79. The van der Waals surface area contributed by atoms with Crippen molar-refractivity contribution in [3.63, 3.8) is 0 Å². The summed E-state index contributed by atoms with van der Waals surface area (Å²) in [5.41, 5.74) is 0.992. The molecule has 0 bridgehead atoms. The maximum absolute atomic E-state index is 14.3. The molecule has 0 aromatic heterocycles. The van der Waals surface area contributed by atoms with E-state index in [1.54, 1.807) is 6.07 Å². The van der Waals surface area contributed by atoms with Gasteiger partial charge in [0.25, 0.3) is 0 Å². The topological polar surface area (TPSA) is 0 Å². The molecule has 1 aromatic rings. The molecular weight excluding hydrogens is 367 g/mol. The van der Waals surface area contributed by atoms with Crippen LogP contribution in [-0.4, -0.2) is 0 Å². The fraction of sp³-hybridized carbons (Fsp3) is 0.793. The molecule has 3 aliphatic rings. The quantitative estimate of drug-likeness (QED) is 0.373. The average molecular weight is 413 g/mol. The normalized spacial score (nSPS) is 34.5. The van der Waals surface area contributed by atoms with Crippen LogP contribution in [0.15, 0.2) is 24.3 Å². The lowest BCUT2D eigenvalue weighted by atomic mass is 9.60. The molecule has 0 saturated heterocycles. The van der Waals surface area contributed by atoms with Gasteiger partial charge >= 0.3 is 0 Å². The fourth-order valence-electron chi connectivity index (χ4n) is 7.43. The van der Waals surface area contributed by atoms with Gasteiger partial charge in [-0.2, -0.15) is 0 Å². The Morgan fingerprint density at radius 3 is 2.10 bits per heavy atom. The Labute approximate surface area is 185 Å². The highest BCUT2D eigenvalue weighted by Gasteiger charge is 2.39. The molecule has 0 spiro atoms. The molecule has 30 heavy (non-hydrogen) atoms. The number of benzene rings is 1. The predicted molar refractivity (Wildman–Crippen MR) is 126 cm³/mol. The Balaban J connectivity index is 1.19. The minimum atomic E-state index is 0.0248. The molecule has 3 aliphatic carbocycles. The second-order valence-corrected chi connectivity index (χ2v) is 11.1. The van der Waals surface area contributed by atoms with E-state index in [1.165, 1.54) is 103 Å².